The maximum Gasteiger partial charge on any atom is 0.408 e. The summed E-state index contributed by atoms with van der Waals surface area (Å²) in [4.78, 5) is 27.2. The zero-order chi connectivity index (χ0) is 22.2. The van der Waals surface area contributed by atoms with E-state index in [0.717, 1.165) is 22.4 Å². The predicted octanol–water partition coefficient (Wildman–Crippen LogP) is 3.79. The lowest BCUT2D eigenvalue weighted by atomic mass is 10.0. The largest absolute Gasteiger partial charge is 0.445 e. The van der Waals surface area contributed by atoms with E-state index in [-0.39, 0.29) is 12.5 Å². The quantitative estimate of drug-likeness (QED) is 0.598. The molecule has 2 amide bonds. The lowest BCUT2D eigenvalue weighted by molar-refractivity contribution is -0.132. The molecule has 1 N–H and O–H groups in total. The molecular formula is C24H27N3O4. The number of carbonyl (C=O) groups is 2. The van der Waals surface area contributed by atoms with Crippen molar-refractivity contribution in [1.82, 2.24) is 15.4 Å². The lowest BCUT2D eigenvalue weighted by Gasteiger charge is -2.24. The molecule has 31 heavy (non-hydrogen) atoms. The summed E-state index contributed by atoms with van der Waals surface area (Å²) in [5.74, 6) is 0.451. The fourth-order valence-electron chi connectivity index (χ4n) is 3.27. The average Bonchev–Trinajstić information content (AvgIpc) is 3.10. The van der Waals surface area contributed by atoms with Gasteiger partial charge in [-0.15, -0.1) is 0 Å². The Labute approximate surface area is 182 Å². The van der Waals surface area contributed by atoms with Crippen LogP contribution in [0.3, 0.4) is 0 Å². The maximum absolute atomic E-state index is 13.2. The number of aryl methyl sites for hydroxylation is 2. The Balaban J connectivity index is 1.69. The van der Waals surface area contributed by atoms with Gasteiger partial charge in [-0.1, -0.05) is 65.8 Å². The van der Waals surface area contributed by atoms with Crippen molar-refractivity contribution in [3.8, 4) is 0 Å². The molecule has 0 aliphatic carbocycles. The smallest absolute Gasteiger partial charge is 0.408 e. The number of aromatic nitrogens is 1. The summed E-state index contributed by atoms with van der Waals surface area (Å²) in [6, 6.07) is 18.2. The normalized spacial score (nSPS) is 11.6. The number of hydrogen-bond acceptors (Lipinski definition) is 5. The third-order valence-electron chi connectivity index (χ3n) is 5.04. The molecule has 0 unspecified atom stereocenters. The summed E-state index contributed by atoms with van der Waals surface area (Å²) in [6.45, 7) is 4.12. The van der Waals surface area contributed by atoms with E-state index in [0.29, 0.717) is 18.7 Å². The summed E-state index contributed by atoms with van der Waals surface area (Å²) >= 11 is 0. The Morgan fingerprint density at radius 3 is 2.23 bits per heavy atom. The highest BCUT2D eigenvalue weighted by Crippen LogP contribution is 2.15. The van der Waals surface area contributed by atoms with Crippen LogP contribution in [0.2, 0.25) is 0 Å². The van der Waals surface area contributed by atoms with Gasteiger partial charge in [0.05, 0.1) is 12.2 Å². The number of carbonyl (C=O) groups excluding carboxylic acids is 2. The van der Waals surface area contributed by atoms with Crippen molar-refractivity contribution in [3.05, 3.63) is 88.8 Å². The molecule has 0 fully saturated rings. The third-order valence-corrected chi connectivity index (χ3v) is 5.04. The van der Waals surface area contributed by atoms with Crippen molar-refractivity contribution in [3.63, 3.8) is 0 Å². The standard InChI is InChI=1S/C24H27N3O4/c1-17-21(18(2)31-26-17)15-27(3)23(28)22(14-19-10-6-4-7-11-19)25-24(29)30-16-20-12-8-5-9-13-20/h4-13,22H,14-16H2,1-3H3,(H,25,29)/t22-/m1/s1. The number of amides is 2. The molecule has 0 bridgehead atoms. The number of nitrogens with zero attached hydrogens (tertiary/aromatic N) is 2. The molecule has 162 valence electrons. The minimum atomic E-state index is -0.767. The van der Waals surface area contributed by atoms with E-state index in [4.69, 9.17) is 9.26 Å². The van der Waals surface area contributed by atoms with E-state index in [9.17, 15) is 9.59 Å². The summed E-state index contributed by atoms with van der Waals surface area (Å²) in [5, 5.41) is 6.67. The number of benzene rings is 2. The van der Waals surface area contributed by atoms with Crippen LogP contribution < -0.4 is 5.32 Å². The minimum absolute atomic E-state index is 0.133. The molecule has 0 radical (unpaired) electrons. The van der Waals surface area contributed by atoms with Gasteiger partial charge in [0, 0.05) is 19.0 Å². The zero-order valence-corrected chi connectivity index (χ0v) is 18.0. The molecule has 1 heterocycles. The highest BCUT2D eigenvalue weighted by Gasteiger charge is 2.26. The van der Waals surface area contributed by atoms with Crippen molar-refractivity contribution in [2.75, 3.05) is 7.05 Å². The van der Waals surface area contributed by atoms with Gasteiger partial charge in [0.25, 0.3) is 0 Å². The van der Waals surface area contributed by atoms with Crippen LogP contribution in [0, 0.1) is 13.8 Å². The second-order valence-corrected chi connectivity index (χ2v) is 7.45. The third kappa shape index (κ3) is 6.18. The number of hydrogen-bond donors (Lipinski definition) is 1. The summed E-state index contributed by atoms with van der Waals surface area (Å²) < 4.78 is 10.5. The molecule has 7 heteroatoms. The Bertz CT molecular complexity index is 983. The molecule has 1 atom stereocenters. The van der Waals surface area contributed by atoms with Gasteiger partial charge < -0.3 is 19.5 Å². The van der Waals surface area contributed by atoms with E-state index in [1.54, 1.807) is 11.9 Å². The number of nitrogens with one attached hydrogen (secondary N) is 1. The Kier molecular flexibility index (Phi) is 7.43. The van der Waals surface area contributed by atoms with Crippen molar-refractivity contribution in [1.29, 1.82) is 0 Å². The van der Waals surface area contributed by atoms with Gasteiger partial charge in [0.2, 0.25) is 5.91 Å². The molecule has 3 rings (SSSR count). The minimum Gasteiger partial charge on any atom is -0.445 e. The first-order chi connectivity index (χ1) is 14.9. The number of alkyl carbamates (subject to hydrolysis) is 1. The van der Waals surface area contributed by atoms with E-state index in [1.165, 1.54) is 0 Å². The molecule has 0 aliphatic rings. The fourth-order valence-corrected chi connectivity index (χ4v) is 3.27. The number of rotatable bonds is 8. The van der Waals surface area contributed by atoms with Crippen LogP contribution >= 0.6 is 0 Å². The molecule has 2 aromatic carbocycles. The predicted molar refractivity (Wildman–Crippen MR) is 116 cm³/mol. The summed E-state index contributed by atoms with van der Waals surface area (Å²) in [5.41, 5.74) is 3.42. The lowest BCUT2D eigenvalue weighted by Crippen LogP contribution is -2.48. The van der Waals surface area contributed by atoms with Gasteiger partial charge in [-0.2, -0.15) is 0 Å². The first-order valence-corrected chi connectivity index (χ1v) is 10.1. The first kappa shape index (κ1) is 22.1. The van der Waals surface area contributed by atoms with Crippen molar-refractivity contribution < 1.29 is 18.8 Å². The molecular weight excluding hydrogens is 394 g/mol. The maximum atomic E-state index is 13.2. The van der Waals surface area contributed by atoms with Crippen LogP contribution in [-0.2, 0) is 29.1 Å². The van der Waals surface area contributed by atoms with E-state index in [2.05, 4.69) is 10.5 Å². The van der Waals surface area contributed by atoms with Gasteiger partial charge in [0.1, 0.15) is 18.4 Å². The van der Waals surface area contributed by atoms with Crippen molar-refractivity contribution in [2.24, 2.45) is 0 Å². The zero-order valence-electron chi connectivity index (χ0n) is 18.0. The van der Waals surface area contributed by atoms with Crippen LogP contribution in [0.4, 0.5) is 4.79 Å². The van der Waals surface area contributed by atoms with E-state index >= 15 is 0 Å². The van der Waals surface area contributed by atoms with E-state index < -0.39 is 12.1 Å². The molecule has 1 aromatic heterocycles. The Morgan fingerprint density at radius 1 is 1.03 bits per heavy atom. The second-order valence-electron chi connectivity index (χ2n) is 7.45. The van der Waals surface area contributed by atoms with Crippen molar-refractivity contribution in [2.45, 2.75) is 39.5 Å². The van der Waals surface area contributed by atoms with Gasteiger partial charge in [0.15, 0.2) is 0 Å². The Hall–Kier alpha value is -3.61. The van der Waals surface area contributed by atoms with Crippen LogP contribution in [0.25, 0.3) is 0 Å². The molecule has 7 nitrogen and oxygen atoms in total. The molecule has 0 aliphatic heterocycles. The molecule has 0 saturated carbocycles. The van der Waals surface area contributed by atoms with Gasteiger partial charge in [-0.25, -0.2) is 4.79 Å². The molecule has 3 aromatic rings. The summed E-state index contributed by atoms with van der Waals surface area (Å²) in [7, 11) is 1.70. The average molecular weight is 421 g/mol. The fraction of sp³-hybridized carbons (Fsp3) is 0.292. The highest BCUT2D eigenvalue weighted by molar-refractivity contribution is 5.85. The van der Waals surface area contributed by atoms with Crippen LogP contribution in [0.1, 0.15) is 28.1 Å². The second kappa shape index (κ2) is 10.4. The van der Waals surface area contributed by atoms with Crippen LogP contribution in [-0.4, -0.2) is 35.1 Å². The number of ether oxygens (including phenoxy) is 1. The van der Waals surface area contributed by atoms with E-state index in [1.807, 2.05) is 74.5 Å². The van der Waals surface area contributed by atoms with Gasteiger partial charge in [-0.3, -0.25) is 4.79 Å². The van der Waals surface area contributed by atoms with Crippen LogP contribution in [0.5, 0.6) is 0 Å². The SMILES string of the molecule is Cc1noc(C)c1CN(C)C(=O)[C@@H](Cc1ccccc1)NC(=O)OCc1ccccc1. The van der Waals surface area contributed by atoms with Crippen LogP contribution in [0.15, 0.2) is 65.2 Å². The summed E-state index contributed by atoms with van der Waals surface area (Å²) in [6.07, 6.45) is -0.282. The Morgan fingerprint density at radius 2 is 1.65 bits per heavy atom. The van der Waals surface area contributed by atoms with Gasteiger partial charge in [-0.05, 0) is 25.0 Å². The molecule has 0 saturated heterocycles. The first-order valence-electron chi connectivity index (χ1n) is 10.1. The topological polar surface area (TPSA) is 84.7 Å². The van der Waals surface area contributed by atoms with Gasteiger partial charge >= 0.3 is 6.09 Å². The monoisotopic (exact) mass is 421 g/mol. The highest BCUT2D eigenvalue weighted by atomic mass is 16.5. The number of likely N-dealkylation sites (N-methyl/N-ethyl adjacent to an activating group) is 1. The molecule has 0 spiro atoms. The van der Waals surface area contributed by atoms with Crippen molar-refractivity contribution >= 4 is 12.0 Å².